The molecule has 0 aliphatic heterocycles. The first-order valence-corrected chi connectivity index (χ1v) is 8.54. The Labute approximate surface area is 147 Å². The molecule has 0 saturated carbocycles. The molecule has 0 unspecified atom stereocenters. The Morgan fingerprint density at radius 2 is 1.36 bits per heavy atom. The lowest BCUT2D eigenvalue weighted by Gasteiger charge is -2.03. The second-order valence-electron chi connectivity index (χ2n) is 6.16. The Bertz CT molecular complexity index is 1090. The molecule has 0 radical (unpaired) electrons. The van der Waals surface area contributed by atoms with Crippen LogP contribution >= 0.6 is 0 Å². The molecule has 3 aromatic carbocycles. The number of carbonyl (C=O) groups is 1. The molecule has 25 heavy (non-hydrogen) atoms. The molecule has 4 aromatic rings. The lowest BCUT2D eigenvalue weighted by atomic mass is 10.1. The van der Waals surface area contributed by atoms with Crippen LogP contribution in [0.25, 0.3) is 34.0 Å². The van der Waals surface area contributed by atoms with Crippen molar-refractivity contribution in [3.8, 4) is 0 Å². The van der Waals surface area contributed by atoms with Crippen molar-refractivity contribution < 1.29 is 4.79 Å². The summed E-state index contributed by atoms with van der Waals surface area (Å²) in [5, 5.41) is 2.33. The van der Waals surface area contributed by atoms with Crippen molar-refractivity contribution in [2.45, 2.75) is 13.5 Å². The Balaban J connectivity index is 1.88. The topological polar surface area (TPSA) is 22.0 Å². The molecular weight excluding hydrogens is 306 g/mol. The number of aromatic nitrogens is 1. The molecule has 0 saturated heterocycles. The van der Waals surface area contributed by atoms with Crippen molar-refractivity contribution in [1.29, 1.82) is 0 Å². The summed E-state index contributed by atoms with van der Waals surface area (Å²) in [4.78, 5) is 11.2. The maximum atomic E-state index is 11.2. The van der Waals surface area contributed by atoms with Gasteiger partial charge in [0.15, 0.2) is 0 Å². The van der Waals surface area contributed by atoms with E-state index in [0.29, 0.717) is 5.56 Å². The Morgan fingerprint density at radius 3 is 2.00 bits per heavy atom. The van der Waals surface area contributed by atoms with Crippen molar-refractivity contribution in [2.75, 3.05) is 0 Å². The summed E-state index contributed by atoms with van der Waals surface area (Å²) in [5.74, 6) is 0. The smallest absolute Gasteiger partial charge is 0.150 e. The Kier molecular flexibility index (Phi) is 3.95. The van der Waals surface area contributed by atoms with Crippen molar-refractivity contribution in [2.24, 2.45) is 0 Å². The summed E-state index contributed by atoms with van der Waals surface area (Å²) in [6.07, 6.45) is 5.16. The third kappa shape index (κ3) is 2.76. The molecule has 0 bridgehead atoms. The van der Waals surface area contributed by atoms with E-state index in [1.165, 1.54) is 22.0 Å². The van der Waals surface area contributed by atoms with Gasteiger partial charge in [-0.05, 0) is 48.4 Å². The van der Waals surface area contributed by atoms with E-state index in [1.807, 2.05) is 36.4 Å². The average Bonchev–Trinajstić information content (AvgIpc) is 2.99. The van der Waals surface area contributed by atoms with Gasteiger partial charge < -0.3 is 4.57 Å². The third-order valence-electron chi connectivity index (χ3n) is 4.63. The molecule has 0 spiro atoms. The summed E-state index contributed by atoms with van der Waals surface area (Å²) >= 11 is 0. The van der Waals surface area contributed by atoms with Gasteiger partial charge in [-0.1, -0.05) is 48.6 Å². The quantitative estimate of drug-likeness (QED) is 0.343. The van der Waals surface area contributed by atoms with Crippen LogP contribution < -0.4 is 0 Å². The van der Waals surface area contributed by atoms with Crippen LogP contribution in [0.3, 0.4) is 0 Å². The van der Waals surface area contributed by atoms with Crippen LogP contribution in [0.5, 0.6) is 0 Å². The molecule has 2 nitrogen and oxygen atoms in total. The zero-order valence-corrected chi connectivity index (χ0v) is 14.1. The molecule has 0 aliphatic rings. The van der Waals surface area contributed by atoms with Crippen LogP contribution in [-0.2, 0) is 6.54 Å². The van der Waals surface area contributed by atoms with Gasteiger partial charge >= 0.3 is 0 Å². The van der Waals surface area contributed by atoms with Crippen LogP contribution in [0.2, 0.25) is 0 Å². The first-order valence-electron chi connectivity index (χ1n) is 8.54. The number of nitrogens with zero attached hydrogens (tertiary/aromatic N) is 1. The molecule has 0 amide bonds. The number of rotatable bonds is 4. The summed E-state index contributed by atoms with van der Waals surface area (Å²) < 4.78 is 2.30. The van der Waals surface area contributed by atoms with Gasteiger partial charge in [0, 0.05) is 33.9 Å². The predicted molar refractivity (Wildman–Crippen MR) is 106 cm³/mol. The molecule has 1 heterocycles. The number of hydrogen-bond acceptors (Lipinski definition) is 1. The predicted octanol–water partition coefficient (Wildman–Crippen LogP) is 5.80. The molecule has 2 heteroatoms. The van der Waals surface area contributed by atoms with Crippen LogP contribution in [0.4, 0.5) is 0 Å². The van der Waals surface area contributed by atoms with Gasteiger partial charge in [0.2, 0.25) is 0 Å². The lowest BCUT2D eigenvalue weighted by molar-refractivity contribution is 0.112. The normalized spacial score (nSPS) is 11.6. The zero-order chi connectivity index (χ0) is 17.2. The highest BCUT2D eigenvalue weighted by Gasteiger charge is 2.10. The van der Waals surface area contributed by atoms with Gasteiger partial charge in [-0.25, -0.2) is 0 Å². The van der Waals surface area contributed by atoms with E-state index < -0.39 is 0 Å². The number of benzene rings is 3. The third-order valence-corrected chi connectivity index (χ3v) is 4.63. The Hall–Kier alpha value is -3.13. The fraction of sp³-hybridized carbons (Fsp3) is 0.0870. The highest BCUT2D eigenvalue weighted by molar-refractivity contribution is 6.10. The molecule has 0 aliphatic carbocycles. The SMILES string of the molecule is CCn1c2ccc(C=O)cc2c2cc(C=Cc3ccccc3)ccc21. The summed E-state index contributed by atoms with van der Waals surface area (Å²) in [6, 6.07) is 22.7. The maximum absolute atomic E-state index is 11.2. The maximum Gasteiger partial charge on any atom is 0.150 e. The second-order valence-corrected chi connectivity index (χ2v) is 6.16. The number of hydrogen-bond donors (Lipinski definition) is 0. The first kappa shape index (κ1) is 15.4. The van der Waals surface area contributed by atoms with E-state index in [2.05, 4.69) is 54.0 Å². The van der Waals surface area contributed by atoms with Crippen molar-refractivity contribution in [3.05, 3.63) is 83.4 Å². The zero-order valence-electron chi connectivity index (χ0n) is 14.1. The van der Waals surface area contributed by atoms with Crippen LogP contribution in [0, 0.1) is 0 Å². The van der Waals surface area contributed by atoms with Gasteiger partial charge in [-0.3, -0.25) is 4.79 Å². The van der Waals surface area contributed by atoms with E-state index in [1.54, 1.807) is 0 Å². The molecule has 4 rings (SSSR count). The highest BCUT2D eigenvalue weighted by Crippen LogP contribution is 2.30. The van der Waals surface area contributed by atoms with E-state index in [0.717, 1.165) is 23.8 Å². The van der Waals surface area contributed by atoms with Crippen LogP contribution in [-0.4, -0.2) is 10.9 Å². The van der Waals surface area contributed by atoms with Gasteiger partial charge in [0.25, 0.3) is 0 Å². The monoisotopic (exact) mass is 325 g/mol. The lowest BCUT2D eigenvalue weighted by Crippen LogP contribution is -1.92. The molecule has 0 N–H and O–H groups in total. The van der Waals surface area contributed by atoms with E-state index in [9.17, 15) is 4.79 Å². The van der Waals surface area contributed by atoms with Crippen LogP contribution in [0.15, 0.2) is 66.7 Å². The molecular formula is C23H19NO. The number of fused-ring (bicyclic) bond motifs is 3. The minimum Gasteiger partial charge on any atom is -0.341 e. The summed E-state index contributed by atoms with van der Waals surface area (Å²) in [5.41, 5.74) is 5.43. The van der Waals surface area contributed by atoms with Gasteiger partial charge in [-0.2, -0.15) is 0 Å². The van der Waals surface area contributed by atoms with Gasteiger partial charge in [-0.15, -0.1) is 0 Å². The minimum atomic E-state index is 0.716. The van der Waals surface area contributed by atoms with Crippen molar-refractivity contribution in [3.63, 3.8) is 0 Å². The molecule has 0 atom stereocenters. The van der Waals surface area contributed by atoms with E-state index in [-0.39, 0.29) is 0 Å². The number of carbonyl (C=O) groups excluding carboxylic acids is 1. The summed E-state index contributed by atoms with van der Waals surface area (Å²) in [6.45, 7) is 3.05. The molecule has 122 valence electrons. The van der Waals surface area contributed by atoms with E-state index in [4.69, 9.17) is 0 Å². The van der Waals surface area contributed by atoms with Crippen molar-refractivity contribution >= 4 is 40.2 Å². The fourth-order valence-electron chi connectivity index (χ4n) is 3.41. The molecule has 0 fully saturated rings. The highest BCUT2D eigenvalue weighted by atomic mass is 16.1. The standard InChI is InChI=1S/C23H19NO/c1-2-24-22-12-10-18(9-8-17-6-4-3-5-7-17)14-20(22)21-15-19(16-25)11-13-23(21)24/h3-16H,2H2,1H3. The first-order chi connectivity index (χ1) is 12.3. The van der Waals surface area contributed by atoms with Crippen molar-refractivity contribution in [1.82, 2.24) is 4.57 Å². The number of aryl methyl sites for hydroxylation is 1. The molecule has 1 aromatic heterocycles. The fourth-order valence-corrected chi connectivity index (χ4v) is 3.41. The van der Waals surface area contributed by atoms with E-state index >= 15 is 0 Å². The summed E-state index contributed by atoms with van der Waals surface area (Å²) in [7, 11) is 0. The number of aldehydes is 1. The van der Waals surface area contributed by atoms with Crippen LogP contribution in [0.1, 0.15) is 28.4 Å². The second kappa shape index (κ2) is 6.40. The Morgan fingerprint density at radius 1 is 0.760 bits per heavy atom. The minimum absolute atomic E-state index is 0.716. The largest absolute Gasteiger partial charge is 0.341 e. The average molecular weight is 325 g/mol. The van der Waals surface area contributed by atoms with Gasteiger partial charge in [0.1, 0.15) is 6.29 Å². The van der Waals surface area contributed by atoms with Gasteiger partial charge in [0.05, 0.1) is 0 Å².